The molecule has 1 aromatic rings. The Balaban J connectivity index is 2.71. The summed E-state index contributed by atoms with van der Waals surface area (Å²) in [7, 11) is 0. The highest BCUT2D eigenvalue weighted by Gasteiger charge is 2.31. The average molecular weight is 289 g/mol. The number of ether oxygens (including phenoxy) is 1. The molecule has 20 heavy (non-hydrogen) atoms. The Labute approximate surface area is 116 Å². The van der Waals surface area contributed by atoms with Crippen LogP contribution in [-0.4, -0.2) is 12.3 Å². The molecule has 0 aliphatic heterocycles. The van der Waals surface area contributed by atoms with Crippen LogP contribution in [0.2, 0.25) is 0 Å². The molecule has 0 spiro atoms. The number of carbonyl (C=O) groups is 1. The third-order valence-electron chi connectivity index (χ3n) is 2.64. The summed E-state index contributed by atoms with van der Waals surface area (Å²) < 4.78 is 39.9. The standard InChI is InChI=1S/C14H18F3NO2/c1-9(18-12(19)13(2,3)4)10-5-7-11(8-6-10)20-14(15,16)17/h5-9H,1-4H3,(H,18,19). The first kappa shape index (κ1) is 16.3. The van der Waals surface area contributed by atoms with Gasteiger partial charge in [0, 0.05) is 5.41 Å². The van der Waals surface area contributed by atoms with Crippen molar-refractivity contribution in [2.45, 2.75) is 40.1 Å². The van der Waals surface area contributed by atoms with E-state index < -0.39 is 11.8 Å². The number of halogens is 3. The average Bonchev–Trinajstić information content (AvgIpc) is 2.26. The lowest BCUT2D eigenvalue weighted by Gasteiger charge is -2.22. The van der Waals surface area contributed by atoms with Crippen molar-refractivity contribution in [3.63, 3.8) is 0 Å². The first-order valence-electron chi connectivity index (χ1n) is 6.16. The maximum absolute atomic E-state index is 12.0. The van der Waals surface area contributed by atoms with Gasteiger partial charge >= 0.3 is 6.36 Å². The van der Waals surface area contributed by atoms with Crippen LogP contribution in [0.4, 0.5) is 13.2 Å². The molecule has 1 N–H and O–H groups in total. The van der Waals surface area contributed by atoms with Crippen molar-refractivity contribution >= 4 is 5.91 Å². The molecule has 0 saturated heterocycles. The smallest absolute Gasteiger partial charge is 0.406 e. The van der Waals surface area contributed by atoms with Crippen molar-refractivity contribution in [3.8, 4) is 5.75 Å². The topological polar surface area (TPSA) is 38.3 Å². The van der Waals surface area contributed by atoms with E-state index in [4.69, 9.17) is 0 Å². The summed E-state index contributed by atoms with van der Waals surface area (Å²) in [5.41, 5.74) is 0.185. The minimum atomic E-state index is -4.70. The zero-order chi connectivity index (χ0) is 15.6. The third kappa shape index (κ3) is 5.11. The maximum atomic E-state index is 12.0. The highest BCUT2D eigenvalue weighted by atomic mass is 19.4. The number of benzene rings is 1. The second-order valence-corrected chi connectivity index (χ2v) is 5.56. The largest absolute Gasteiger partial charge is 0.573 e. The van der Waals surface area contributed by atoms with Crippen LogP contribution in [0.5, 0.6) is 5.75 Å². The maximum Gasteiger partial charge on any atom is 0.573 e. The predicted molar refractivity (Wildman–Crippen MR) is 69.1 cm³/mol. The minimum Gasteiger partial charge on any atom is -0.406 e. The predicted octanol–water partition coefficient (Wildman–Crippen LogP) is 3.81. The molecule has 1 amide bonds. The summed E-state index contributed by atoms with van der Waals surface area (Å²) in [4.78, 5) is 11.8. The molecule has 0 fully saturated rings. The van der Waals surface area contributed by atoms with Gasteiger partial charge in [0.1, 0.15) is 5.75 Å². The van der Waals surface area contributed by atoms with Crippen molar-refractivity contribution in [2.24, 2.45) is 5.41 Å². The van der Waals surface area contributed by atoms with Gasteiger partial charge < -0.3 is 10.1 Å². The van der Waals surface area contributed by atoms with Crippen LogP contribution in [0, 0.1) is 5.41 Å². The molecule has 112 valence electrons. The monoisotopic (exact) mass is 289 g/mol. The summed E-state index contributed by atoms with van der Waals surface area (Å²) >= 11 is 0. The molecule has 0 saturated carbocycles. The molecule has 0 bridgehead atoms. The van der Waals surface area contributed by atoms with Gasteiger partial charge in [-0.1, -0.05) is 32.9 Å². The first-order chi connectivity index (χ1) is 8.99. The molecule has 1 aromatic carbocycles. The van der Waals surface area contributed by atoms with Gasteiger partial charge in [0.2, 0.25) is 5.91 Å². The molecule has 1 unspecified atom stereocenters. The fraction of sp³-hybridized carbons (Fsp3) is 0.500. The lowest BCUT2D eigenvalue weighted by Crippen LogP contribution is -2.36. The lowest BCUT2D eigenvalue weighted by atomic mass is 9.94. The van der Waals surface area contributed by atoms with E-state index in [1.165, 1.54) is 24.3 Å². The van der Waals surface area contributed by atoms with Gasteiger partial charge in [-0.05, 0) is 24.6 Å². The molecule has 1 rings (SSSR count). The van der Waals surface area contributed by atoms with Crippen molar-refractivity contribution in [3.05, 3.63) is 29.8 Å². The normalized spacial score (nSPS) is 13.8. The molecular formula is C14H18F3NO2. The van der Waals surface area contributed by atoms with Gasteiger partial charge in [-0.15, -0.1) is 13.2 Å². The van der Waals surface area contributed by atoms with Gasteiger partial charge in [-0.25, -0.2) is 0 Å². The molecule has 0 radical (unpaired) electrons. The SMILES string of the molecule is CC(NC(=O)C(C)(C)C)c1ccc(OC(F)(F)F)cc1. The Hall–Kier alpha value is -1.72. The van der Waals surface area contributed by atoms with Crippen LogP contribution in [-0.2, 0) is 4.79 Å². The molecule has 0 aromatic heterocycles. The van der Waals surface area contributed by atoms with E-state index in [-0.39, 0.29) is 17.7 Å². The van der Waals surface area contributed by atoms with Crippen LogP contribution in [0.1, 0.15) is 39.3 Å². The molecule has 1 atom stereocenters. The fourth-order valence-corrected chi connectivity index (χ4v) is 1.45. The molecule has 6 heteroatoms. The Morgan fingerprint density at radius 2 is 1.65 bits per heavy atom. The molecule has 0 aliphatic rings. The van der Waals surface area contributed by atoms with Crippen LogP contribution in [0.15, 0.2) is 24.3 Å². The summed E-state index contributed by atoms with van der Waals surface area (Å²) in [5.74, 6) is -0.406. The molecule has 0 heterocycles. The zero-order valence-corrected chi connectivity index (χ0v) is 11.8. The number of carbonyl (C=O) groups excluding carboxylic acids is 1. The summed E-state index contributed by atoms with van der Waals surface area (Å²) in [6, 6.07) is 5.15. The van der Waals surface area contributed by atoms with E-state index in [1.54, 1.807) is 27.7 Å². The van der Waals surface area contributed by atoms with Crippen molar-refractivity contribution < 1.29 is 22.7 Å². The fourth-order valence-electron chi connectivity index (χ4n) is 1.45. The molecule has 0 aliphatic carbocycles. The van der Waals surface area contributed by atoms with E-state index in [9.17, 15) is 18.0 Å². The number of nitrogens with one attached hydrogen (secondary N) is 1. The Morgan fingerprint density at radius 3 is 2.05 bits per heavy atom. The van der Waals surface area contributed by atoms with Gasteiger partial charge in [0.05, 0.1) is 6.04 Å². The highest BCUT2D eigenvalue weighted by molar-refractivity contribution is 5.81. The summed E-state index contributed by atoms with van der Waals surface area (Å²) in [6.45, 7) is 7.13. The second-order valence-electron chi connectivity index (χ2n) is 5.56. The summed E-state index contributed by atoms with van der Waals surface area (Å²) in [6.07, 6.45) is -4.70. The zero-order valence-electron chi connectivity index (χ0n) is 11.8. The number of alkyl halides is 3. The Morgan fingerprint density at radius 1 is 1.15 bits per heavy atom. The Kier molecular flexibility index (Phi) is 4.68. The van der Waals surface area contributed by atoms with E-state index in [0.717, 1.165) is 0 Å². The molecule has 3 nitrogen and oxygen atoms in total. The van der Waals surface area contributed by atoms with Crippen molar-refractivity contribution in [1.29, 1.82) is 0 Å². The quantitative estimate of drug-likeness (QED) is 0.919. The lowest BCUT2D eigenvalue weighted by molar-refractivity contribution is -0.274. The number of amides is 1. The van der Waals surface area contributed by atoms with Crippen LogP contribution >= 0.6 is 0 Å². The van der Waals surface area contributed by atoms with Crippen molar-refractivity contribution in [1.82, 2.24) is 5.32 Å². The number of hydrogen-bond acceptors (Lipinski definition) is 2. The first-order valence-corrected chi connectivity index (χ1v) is 6.16. The summed E-state index contributed by atoms with van der Waals surface area (Å²) in [5, 5.41) is 2.80. The minimum absolute atomic E-state index is 0.124. The van der Waals surface area contributed by atoms with E-state index in [2.05, 4.69) is 10.1 Å². The second kappa shape index (κ2) is 5.73. The van der Waals surface area contributed by atoms with E-state index in [1.807, 2.05) is 0 Å². The Bertz CT molecular complexity index is 461. The van der Waals surface area contributed by atoms with Crippen LogP contribution in [0.3, 0.4) is 0 Å². The van der Waals surface area contributed by atoms with Crippen LogP contribution in [0.25, 0.3) is 0 Å². The van der Waals surface area contributed by atoms with E-state index >= 15 is 0 Å². The van der Waals surface area contributed by atoms with Gasteiger partial charge in [0.15, 0.2) is 0 Å². The third-order valence-corrected chi connectivity index (χ3v) is 2.64. The van der Waals surface area contributed by atoms with E-state index in [0.29, 0.717) is 5.56 Å². The van der Waals surface area contributed by atoms with Crippen LogP contribution < -0.4 is 10.1 Å². The number of rotatable bonds is 3. The van der Waals surface area contributed by atoms with Gasteiger partial charge in [-0.3, -0.25) is 4.79 Å². The molecular weight excluding hydrogens is 271 g/mol. The van der Waals surface area contributed by atoms with Crippen molar-refractivity contribution in [2.75, 3.05) is 0 Å². The van der Waals surface area contributed by atoms with Gasteiger partial charge in [-0.2, -0.15) is 0 Å². The number of hydrogen-bond donors (Lipinski definition) is 1. The highest BCUT2D eigenvalue weighted by Crippen LogP contribution is 2.25. The van der Waals surface area contributed by atoms with Gasteiger partial charge in [0.25, 0.3) is 0 Å².